The first kappa shape index (κ1) is 8.74. The number of benzene rings is 1. The summed E-state index contributed by atoms with van der Waals surface area (Å²) in [6.07, 6.45) is 1.46. The van der Waals surface area contributed by atoms with E-state index in [1.54, 1.807) is 0 Å². The van der Waals surface area contributed by atoms with Crippen molar-refractivity contribution >= 4 is 23.1 Å². The van der Waals surface area contributed by atoms with Gasteiger partial charge in [-0.1, -0.05) is 18.2 Å². The summed E-state index contributed by atoms with van der Waals surface area (Å²) in [5.74, 6) is 0. The van der Waals surface area contributed by atoms with Crippen LogP contribution in [0.2, 0.25) is 0 Å². The van der Waals surface area contributed by atoms with E-state index in [1.165, 1.54) is 6.26 Å². The van der Waals surface area contributed by atoms with E-state index in [1.807, 2.05) is 24.3 Å². The summed E-state index contributed by atoms with van der Waals surface area (Å²) in [7, 11) is 0. The van der Waals surface area contributed by atoms with Crippen molar-refractivity contribution in [3.05, 3.63) is 30.5 Å². The van der Waals surface area contributed by atoms with Crippen LogP contribution < -0.4 is 0 Å². The number of aromatic nitrogens is 2. The molecular formula is C9H5N3OS. The molecule has 68 valence electrons. The Balaban J connectivity index is 2.57. The molecule has 14 heavy (non-hydrogen) atoms. The fourth-order valence-electron chi connectivity index (χ4n) is 1.12. The summed E-state index contributed by atoms with van der Waals surface area (Å²) in [6, 6.07) is 7.43. The third-order valence-corrected chi connectivity index (χ3v) is 1.80. The molecule has 0 atom stereocenters. The predicted octanol–water partition coefficient (Wildman–Crippen LogP) is 2.47. The smallest absolute Gasteiger partial charge is 0.152 e. The summed E-state index contributed by atoms with van der Waals surface area (Å²) in [5, 5.41) is 9.49. The zero-order chi connectivity index (χ0) is 9.80. The van der Waals surface area contributed by atoms with Crippen molar-refractivity contribution in [2.75, 3.05) is 0 Å². The highest BCUT2D eigenvalue weighted by Crippen LogP contribution is 2.27. The molecule has 0 aliphatic rings. The van der Waals surface area contributed by atoms with Crippen LogP contribution >= 0.6 is 12.2 Å². The van der Waals surface area contributed by atoms with Crippen molar-refractivity contribution in [3.63, 3.8) is 0 Å². The van der Waals surface area contributed by atoms with Crippen molar-refractivity contribution in [1.29, 1.82) is 0 Å². The second-order valence-corrected chi connectivity index (χ2v) is 2.69. The zero-order valence-electron chi connectivity index (χ0n) is 7.04. The number of isothiocyanates is 1. The van der Waals surface area contributed by atoms with Gasteiger partial charge in [-0.3, -0.25) is 0 Å². The number of hydrogen-bond acceptors (Lipinski definition) is 5. The number of thiocarbonyl (C=S) groups is 1. The lowest BCUT2D eigenvalue weighted by Crippen LogP contribution is -1.78. The lowest BCUT2D eigenvalue weighted by molar-refractivity contribution is 0.393. The fourth-order valence-corrected chi connectivity index (χ4v) is 1.22. The number of hydrogen-bond donors (Lipinski definition) is 0. The monoisotopic (exact) mass is 203 g/mol. The van der Waals surface area contributed by atoms with Crippen LogP contribution in [0.4, 0.5) is 5.69 Å². The maximum Gasteiger partial charge on any atom is 0.152 e. The van der Waals surface area contributed by atoms with E-state index in [0.29, 0.717) is 11.4 Å². The molecule has 1 heterocycles. The molecule has 0 saturated heterocycles. The van der Waals surface area contributed by atoms with Crippen molar-refractivity contribution in [2.24, 2.45) is 4.99 Å². The second kappa shape index (κ2) is 3.91. The third kappa shape index (κ3) is 1.59. The van der Waals surface area contributed by atoms with E-state index < -0.39 is 0 Å². The number of nitrogens with zero attached hydrogens (tertiary/aromatic N) is 3. The van der Waals surface area contributed by atoms with Crippen molar-refractivity contribution in [2.45, 2.75) is 0 Å². The minimum atomic E-state index is 0.634. The molecule has 0 amide bonds. The van der Waals surface area contributed by atoms with Gasteiger partial charge in [-0.25, -0.2) is 0 Å². The molecule has 0 N–H and O–H groups in total. The average molecular weight is 203 g/mol. The first-order valence-corrected chi connectivity index (χ1v) is 4.27. The molecule has 0 spiro atoms. The van der Waals surface area contributed by atoms with Crippen LogP contribution in [0.5, 0.6) is 0 Å². The molecule has 1 aromatic carbocycles. The quantitative estimate of drug-likeness (QED) is 0.555. The number of para-hydroxylation sites is 1. The Kier molecular flexibility index (Phi) is 2.44. The van der Waals surface area contributed by atoms with Crippen LogP contribution in [0.25, 0.3) is 11.3 Å². The highest BCUT2D eigenvalue weighted by Gasteiger charge is 2.06. The summed E-state index contributed by atoms with van der Waals surface area (Å²) in [5.41, 5.74) is 2.17. The number of rotatable bonds is 2. The molecule has 0 aliphatic carbocycles. The molecular weight excluding hydrogens is 198 g/mol. The Morgan fingerprint density at radius 2 is 2.21 bits per heavy atom. The Morgan fingerprint density at radius 1 is 1.36 bits per heavy atom. The summed E-state index contributed by atoms with van der Waals surface area (Å²) in [4.78, 5) is 3.92. The minimum absolute atomic E-state index is 0.634. The van der Waals surface area contributed by atoms with E-state index >= 15 is 0 Å². The fraction of sp³-hybridized carbons (Fsp3) is 0. The van der Waals surface area contributed by atoms with E-state index in [4.69, 9.17) is 0 Å². The Morgan fingerprint density at radius 3 is 2.93 bits per heavy atom. The van der Waals surface area contributed by atoms with Crippen LogP contribution in [-0.2, 0) is 0 Å². The minimum Gasteiger partial charge on any atom is -0.345 e. The maximum atomic E-state index is 4.65. The molecule has 0 aliphatic heterocycles. The van der Waals surface area contributed by atoms with Gasteiger partial charge in [-0.05, 0) is 18.3 Å². The topological polar surface area (TPSA) is 51.3 Å². The standard InChI is InChI=1S/C9H5N3OS/c14-6-10-8-4-2-1-3-7(8)9-5-13-12-11-9/h1-5H. The van der Waals surface area contributed by atoms with Gasteiger partial charge < -0.3 is 4.52 Å². The van der Waals surface area contributed by atoms with Crippen molar-refractivity contribution < 1.29 is 4.52 Å². The zero-order valence-corrected chi connectivity index (χ0v) is 7.86. The largest absolute Gasteiger partial charge is 0.345 e. The average Bonchev–Trinajstić information content (AvgIpc) is 2.72. The van der Waals surface area contributed by atoms with Gasteiger partial charge in [0.2, 0.25) is 0 Å². The van der Waals surface area contributed by atoms with Gasteiger partial charge in [0.1, 0.15) is 5.69 Å². The maximum absolute atomic E-state index is 4.65. The lowest BCUT2D eigenvalue weighted by atomic mass is 10.1. The summed E-state index contributed by atoms with van der Waals surface area (Å²) in [6.45, 7) is 0. The molecule has 0 saturated carbocycles. The Hall–Kier alpha value is -1.84. The van der Waals surface area contributed by atoms with E-state index in [9.17, 15) is 0 Å². The van der Waals surface area contributed by atoms with Crippen LogP contribution in [0, 0.1) is 0 Å². The first-order valence-electron chi connectivity index (χ1n) is 3.86. The van der Waals surface area contributed by atoms with E-state index in [2.05, 4.69) is 37.3 Å². The van der Waals surface area contributed by atoms with Gasteiger partial charge in [0.05, 0.1) is 10.8 Å². The van der Waals surface area contributed by atoms with Crippen LogP contribution in [0.1, 0.15) is 0 Å². The van der Waals surface area contributed by atoms with Gasteiger partial charge in [-0.2, -0.15) is 4.99 Å². The van der Waals surface area contributed by atoms with E-state index in [0.717, 1.165) is 5.56 Å². The highest BCUT2D eigenvalue weighted by molar-refractivity contribution is 7.78. The predicted molar refractivity (Wildman–Crippen MR) is 54.4 cm³/mol. The summed E-state index contributed by atoms with van der Waals surface area (Å²) >= 11 is 4.55. The molecule has 1 aromatic heterocycles. The molecule has 2 rings (SSSR count). The lowest BCUT2D eigenvalue weighted by Gasteiger charge is -1.97. The van der Waals surface area contributed by atoms with Gasteiger partial charge >= 0.3 is 0 Å². The van der Waals surface area contributed by atoms with Crippen LogP contribution in [-0.4, -0.2) is 15.5 Å². The normalized spacial score (nSPS) is 9.43. The second-order valence-electron chi connectivity index (χ2n) is 2.51. The molecule has 5 heteroatoms. The molecule has 2 aromatic rings. The van der Waals surface area contributed by atoms with Crippen LogP contribution in [0.3, 0.4) is 0 Å². The number of aliphatic imine (C=N–C) groups is 1. The molecule has 0 fully saturated rings. The Labute approximate surface area is 85.3 Å². The van der Waals surface area contributed by atoms with Gasteiger partial charge in [0.15, 0.2) is 6.26 Å². The molecule has 4 nitrogen and oxygen atoms in total. The molecule has 0 bridgehead atoms. The first-order chi connectivity index (χ1) is 6.92. The van der Waals surface area contributed by atoms with Gasteiger partial charge in [0.25, 0.3) is 0 Å². The van der Waals surface area contributed by atoms with Crippen molar-refractivity contribution in [3.8, 4) is 11.3 Å². The van der Waals surface area contributed by atoms with Gasteiger partial charge in [-0.15, -0.1) is 5.10 Å². The summed E-state index contributed by atoms with van der Waals surface area (Å²) < 4.78 is 4.65. The van der Waals surface area contributed by atoms with Crippen LogP contribution in [0.15, 0.2) is 40.0 Å². The SMILES string of the molecule is S=C=Nc1ccccc1-c1conn1. The van der Waals surface area contributed by atoms with Crippen molar-refractivity contribution in [1.82, 2.24) is 10.4 Å². The third-order valence-electron chi connectivity index (χ3n) is 1.71. The highest BCUT2D eigenvalue weighted by atomic mass is 32.1. The Bertz CT molecular complexity index is 475. The van der Waals surface area contributed by atoms with Gasteiger partial charge in [0, 0.05) is 10.8 Å². The molecule has 0 unspecified atom stereocenters. The molecule has 0 radical (unpaired) electrons. The van der Waals surface area contributed by atoms with E-state index in [-0.39, 0.29) is 0 Å².